The summed E-state index contributed by atoms with van der Waals surface area (Å²) in [5, 5.41) is 3.91. The molecular formula is C27H35Cl2N3O. The summed E-state index contributed by atoms with van der Waals surface area (Å²) in [6.45, 7) is 10.4. The Morgan fingerprint density at radius 1 is 1.15 bits per heavy atom. The van der Waals surface area contributed by atoms with Gasteiger partial charge in [0, 0.05) is 30.5 Å². The van der Waals surface area contributed by atoms with Crippen molar-refractivity contribution in [2.45, 2.75) is 77.4 Å². The number of aromatic nitrogens is 1. The molecule has 0 saturated carbocycles. The van der Waals surface area contributed by atoms with E-state index >= 15 is 0 Å². The number of nitrogens with zero attached hydrogens (tertiary/aromatic N) is 2. The normalized spacial score (nSPS) is 24.6. The highest BCUT2D eigenvalue weighted by Crippen LogP contribution is 2.53. The van der Waals surface area contributed by atoms with Gasteiger partial charge < -0.3 is 5.32 Å². The summed E-state index contributed by atoms with van der Waals surface area (Å²) < 4.78 is 0. The lowest BCUT2D eigenvalue weighted by Crippen LogP contribution is -2.53. The van der Waals surface area contributed by atoms with E-state index in [4.69, 9.17) is 23.2 Å². The number of amides is 1. The molecule has 1 N–H and O–H groups in total. The number of halogens is 2. The molecule has 2 saturated heterocycles. The van der Waals surface area contributed by atoms with Gasteiger partial charge in [0.25, 0.3) is 5.91 Å². The number of carbonyl (C=O) groups excluding carboxylic acids is 1. The minimum atomic E-state index is -0.242. The quantitative estimate of drug-likeness (QED) is 0.460. The number of benzene rings is 1. The molecule has 0 spiro atoms. The van der Waals surface area contributed by atoms with Crippen molar-refractivity contribution in [3.05, 3.63) is 63.9 Å². The molecule has 2 bridgehead atoms. The summed E-state index contributed by atoms with van der Waals surface area (Å²) in [5.74, 6) is 0.341. The molecule has 33 heavy (non-hydrogen) atoms. The van der Waals surface area contributed by atoms with Crippen molar-refractivity contribution in [1.29, 1.82) is 0 Å². The molecule has 1 aromatic heterocycles. The van der Waals surface area contributed by atoms with Gasteiger partial charge in [-0.2, -0.15) is 0 Å². The molecule has 0 radical (unpaired) electrons. The first-order chi connectivity index (χ1) is 15.6. The molecule has 1 amide bonds. The zero-order valence-electron chi connectivity index (χ0n) is 20.1. The fraction of sp³-hybridized carbons (Fsp3) is 0.556. The summed E-state index contributed by atoms with van der Waals surface area (Å²) in [5.41, 5.74) is 1.63. The van der Waals surface area contributed by atoms with Crippen LogP contribution in [-0.4, -0.2) is 33.9 Å². The molecule has 4 nitrogen and oxygen atoms in total. The number of fused-ring (bicyclic) bond motifs is 2. The maximum absolute atomic E-state index is 13.5. The van der Waals surface area contributed by atoms with Gasteiger partial charge in [0.15, 0.2) is 0 Å². The number of carbonyl (C=O) groups is 1. The third-order valence-corrected chi connectivity index (χ3v) is 7.90. The predicted octanol–water partition coefficient (Wildman–Crippen LogP) is 6.93. The maximum atomic E-state index is 13.5. The lowest BCUT2D eigenvalue weighted by Gasteiger charge is -2.44. The topological polar surface area (TPSA) is 45.2 Å². The predicted molar refractivity (Wildman–Crippen MR) is 136 cm³/mol. The third kappa shape index (κ3) is 5.08. The molecule has 2 fully saturated rings. The van der Waals surface area contributed by atoms with Crippen molar-refractivity contribution in [1.82, 2.24) is 15.2 Å². The van der Waals surface area contributed by atoms with Crippen LogP contribution in [0.2, 0.25) is 10.0 Å². The SMILES string of the molecule is CC(CN1C2CCC1(C(NC(=O)c1c(Cl)cncc1Cl)c1ccccc1)CC2)CC(C)(C)C. The van der Waals surface area contributed by atoms with Crippen LogP contribution < -0.4 is 5.32 Å². The number of rotatable bonds is 7. The van der Waals surface area contributed by atoms with Crippen LogP contribution >= 0.6 is 23.2 Å². The van der Waals surface area contributed by atoms with Gasteiger partial charge in [0.1, 0.15) is 0 Å². The van der Waals surface area contributed by atoms with E-state index in [1.54, 1.807) is 0 Å². The van der Waals surface area contributed by atoms with Gasteiger partial charge in [-0.3, -0.25) is 14.7 Å². The highest BCUT2D eigenvalue weighted by molar-refractivity contribution is 6.39. The highest BCUT2D eigenvalue weighted by atomic mass is 35.5. The van der Waals surface area contributed by atoms with Crippen molar-refractivity contribution >= 4 is 29.1 Å². The molecule has 6 heteroatoms. The van der Waals surface area contributed by atoms with Gasteiger partial charge >= 0.3 is 0 Å². The Labute approximate surface area is 208 Å². The van der Waals surface area contributed by atoms with Gasteiger partial charge in [-0.25, -0.2) is 0 Å². The van der Waals surface area contributed by atoms with Crippen LogP contribution in [0.3, 0.4) is 0 Å². The zero-order chi connectivity index (χ0) is 23.8. The second-order valence-electron chi connectivity index (χ2n) is 11.2. The Kier molecular flexibility index (Phi) is 7.10. The lowest BCUT2D eigenvalue weighted by atomic mass is 9.77. The first-order valence-corrected chi connectivity index (χ1v) is 12.8. The van der Waals surface area contributed by atoms with Crippen LogP contribution in [0.25, 0.3) is 0 Å². The monoisotopic (exact) mass is 487 g/mol. The van der Waals surface area contributed by atoms with E-state index in [2.05, 4.69) is 55.0 Å². The fourth-order valence-electron chi connectivity index (χ4n) is 6.30. The molecule has 2 atom stereocenters. The number of pyridine rings is 1. The first kappa shape index (κ1) is 24.5. The molecule has 3 heterocycles. The van der Waals surface area contributed by atoms with Crippen LogP contribution in [0.15, 0.2) is 42.7 Å². The molecule has 1 aromatic carbocycles. The first-order valence-electron chi connectivity index (χ1n) is 12.0. The van der Waals surface area contributed by atoms with Gasteiger partial charge in [-0.05, 0) is 49.0 Å². The molecule has 4 rings (SSSR count). The second kappa shape index (κ2) is 9.56. The zero-order valence-corrected chi connectivity index (χ0v) is 21.6. The Morgan fingerprint density at radius 3 is 2.33 bits per heavy atom. The number of hydrogen-bond acceptors (Lipinski definition) is 3. The Balaban J connectivity index is 1.67. The van der Waals surface area contributed by atoms with E-state index in [9.17, 15) is 4.79 Å². The van der Waals surface area contributed by atoms with Crippen molar-refractivity contribution in [2.24, 2.45) is 11.3 Å². The molecule has 2 unspecified atom stereocenters. The van der Waals surface area contributed by atoms with E-state index in [-0.39, 0.29) is 27.5 Å². The summed E-state index contributed by atoms with van der Waals surface area (Å²) in [6.07, 6.45) is 8.64. The smallest absolute Gasteiger partial charge is 0.254 e. The van der Waals surface area contributed by atoms with Crippen molar-refractivity contribution in [2.75, 3.05) is 6.54 Å². The van der Waals surface area contributed by atoms with E-state index < -0.39 is 0 Å². The Morgan fingerprint density at radius 2 is 1.76 bits per heavy atom. The minimum absolute atomic E-state index is 0.0974. The summed E-state index contributed by atoms with van der Waals surface area (Å²) in [6, 6.07) is 10.8. The molecule has 0 aliphatic carbocycles. The van der Waals surface area contributed by atoms with Crippen molar-refractivity contribution < 1.29 is 4.79 Å². The van der Waals surface area contributed by atoms with E-state index in [0.717, 1.165) is 24.9 Å². The van der Waals surface area contributed by atoms with Gasteiger partial charge in [-0.15, -0.1) is 0 Å². The number of hydrogen-bond donors (Lipinski definition) is 1. The van der Waals surface area contributed by atoms with Gasteiger partial charge in [-0.1, -0.05) is 81.2 Å². The van der Waals surface area contributed by atoms with Crippen LogP contribution in [-0.2, 0) is 0 Å². The molecule has 2 aromatic rings. The standard InChI is InChI=1S/C27H35Cl2N3O/c1-18(14-26(2,3)4)17-32-20-10-12-27(32,13-11-20)24(19-8-6-5-7-9-19)31-25(33)23-21(28)15-30-16-22(23)29/h5-9,15-16,18,20,24H,10-14,17H2,1-4H3,(H,31,33). The van der Waals surface area contributed by atoms with Gasteiger partial charge in [0.05, 0.1) is 21.7 Å². The highest BCUT2D eigenvalue weighted by Gasteiger charge is 2.56. The van der Waals surface area contributed by atoms with Crippen LogP contribution in [0.1, 0.15) is 81.8 Å². The van der Waals surface area contributed by atoms with E-state index in [0.29, 0.717) is 22.9 Å². The summed E-state index contributed by atoms with van der Waals surface area (Å²) in [4.78, 5) is 20.2. The Hall–Kier alpha value is -1.62. The molecule has 2 aliphatic heterocycles. The van der Waals surface area contributed by atoms with Crippen molar-refractivity contribution in [3.8, 4) is 0 Å². The molecule has 2 aliphatic rings. The average Bonchev–Trinajstić information content (AvgIpc) is 3.26. The fourth-order valence-corrected chi connectivity index (χ4v) is 6.84. The Bertz CT molecular complexity index is 960. The van der Waals surface area contributed by atoms with Crippen molar-refractivity contribution in [3.63, 3.8) is 0 Å². The number of nitrogens with one attached hydrogen (secondary N) is 1. The van der Waals surface area contributed by atoms with Crippen LogP contribution in [0.5, 0.6) is 0 Å². The molecule has 178 valence electrons. The largest absolute Gasteiger partial charge is 0.343 e. The lowest BCUT2D eigenvalue weighted by molar-refractivity contribution is 0.0698. The minimum Gasteiger partial charge on any atom is -0.343 e. The maximum Gasteiger partial charge on any atom is 0.254 e. The summed E-state index contributed by atoms with van der Waals surface area (Å²) >= 11 is 12.7. The third-order valence-electron chi connectivity index (χ3n) is 7.33. The summed E-state index contributed by atoms with van der Waals surface area (Å²) in [7, 11) is 0. The van der Waals surface area contributed by atoms with Crippen LogP contribution in [0, 0.1) is 11.3 Å². The van der Waals surface area contributed by atoms with Gasteiger partial charge in [0.2, 0.25) is 0 Å². The van der Waals surface area contributed by atoms with Crippen LogP contribution in [0.4, 0.5) is 0 Å². The second-order valence-corrected chi connectivity index (χ2v) is 12.0. The average molecular weight is 489 g/mol. The molecular weight excluding hydrogens is 453 g/mol. The van der Waals surface area contributed by atoms with E-state index in [1.165, 1.54) is 31.7 Å². The van der Waals surface area contributed by atoms with E-state index in [1.807, 2.05) is 18.2 Å².